The number of hydrogen-bond acceptors (Lipinski definition) is 9. The molecule has 2 aromatic carbocycles. The van der Waals surface area contributed by atoms with Gasteiger partial charge >= 0.3 is 5.97 Å². The minimum atomic E-state index is -0.936. The molecule has 2 aliphatic rings. The molecule has 1 saturated carbocycles. The lowest BCUT2D eigenvalue weighted by atomic mass is 9.99. The second kappa shape index (κ2) is 11.3. The molecule has 2 unspecified atom stereocenters. The summed E-state index contributed by atoms with van der Waals surface area (Å²) in [4.78, 5) is 35.4. The first kappa shape index (κ1) is 25.4. The van der Waals surface area contributed by atoms with Crippen LogP contribution in [0.25, 0.3) is 0 Å². The second-order valence-corrected chi connectivity index (χ2v) is 8.95. The highest BCUT2D eigenvalue weighted by Gasteiger charge is 2.29. The van der Waals surface area contributed by atoms with Crippen molar-refractivity contribution in [1.29, 1.82) is 0 Å². The van der Waals surface area contributed by atoms with Crippen molar-refractivity contribution in [3.05, 3.63) is 59.2 Å². The zero-order valence-corrected chi connectivity index (χ0v) is 20.5. The van der Waals surface area contributed by atoms with Crippen molar-refractivity contribution in [1.82, 2.24) is 5.01 Å². The van der Waals surface area contributed by atoms with E-state index >= 15 is 0 Å². The molecule has 2 N–H and O–H groups in total. The summed E-state index contributed by atoms with van der Waals surface area (Å²) in [5.41, 5.74) is 9.02. The minimum absolute atomic E-state index is 0.181. The number of carbonyl (C=O) groups excluding carboxylic acids is 3. The number of hydrazone groups is 1. The van der Waals surface area contributed by atoms with Crippen LogP contribution in [0.5, 0.6) is 11.5 Å². The van der Waals surface area contributed by atoms with Gasteiger partial charge < -0.3 is 24.7 Å². The average molecular weight is 494 g/mol. The van der Waals surface area contributed by atoms with E-state index in [1.807, 2.05) is 18.2 Å². The summed E-state index contributed by atoms with van der Waals surface area (Å²) >= 11 is 0. The van der Waals surface area contributed by atoms with Crippen LogP contribution >= 0.6 is 0 Å². The van der Waals surface area contributed by atoms with Crippen LogP contribution in [0, 0.1) is 0 Å². The molecule has 36 heavy (non-hydrogen) atoms. The molecule has 1 aliphatic heterocycles. The van der Waals surface area contributed by atoms with Gasteiger partial charge in [0.25, 0.3) is 5.78 Å². The first-order valence-electron chi connectivity index (χ1n) is 12.1. The largest absolute Gasteiger partial charge is 0.493 e. The van der Waals surface area contributed by atoms with Crippen molar-refractivity contribution in [3.63, 3.8) is 0 Å². The third kappa shape index (κ3) is 5.41. The molecule has 2 aromatic rings. The molecule has 1 aliphatic carbocycles. The van der Waals surface area contributed by atoms with Gasteiger partial charge in [0.05, 0.1) is 26.0 Å². The molecule has 190 valence electrons. The van der Waals surface area contributed by atoms with Crippen LogP contribution < -0.4 is 15.2 Å². The Hall–Kier alpha value is -3.72. The molecule has 9 heteroatoms. The Bertz CT molecular complexity index is 1140. The Kier molecular flexibility index (Phi) is 8.00. The fourth-order valence-electron chi connectivity index (χ4n) is 4.61. The van der Waals surface area contributed by atoms with Crippen LogP contribution in [0.4, 0.5) is 0 Å². The van der Waals surface area contributed by atoms with E-state index in [1.54, 1.807) is 24.3 Å². The van der Waals surface area contributed by atoms with Gasteiger partial charge in [-0.2, -0.15) is 5.10 Å². The normalized spacial score (nSPS) is 18.8. The van der Waals surface area contributed by atoms with E-state index in [2.05, 4.69) is 4.74 Å². The number of methoxy groups -OCH3 is 2. The number of nitrogens with zero attached hydrogens (tertiary/aromatic N) is 2. The summed E-state index contributed by atoms with van der Waals surface area (Å²) < 4.78 is 16.2. The summed E-state index contributed by atoms with van der Waals surface area (Å²) in [6, 6.07) is 11.6. The lowest BCUT2D eigenvalue weighted by Gasteiger charge is -2.35. The quantitative estimate of drug-likeness (QED) is 0.244. The highest BCUT2D eigenvalue weighted by atomic mass is 16.5. The maximum absolute atomic E-state index is 12.0. The van der Waals surface area contributed by atoms with Crippen molar-refractivity contribution in [2.75, 3.05) is 14.2 Å². The Morgan fingerprint density at radius 1 is 1.06 bits per heavy atom. The molecule has 0 bridgehead atoms. The van der Waals surface area contributed by atoms with Gasteiger partial charge in [-0.3, -0.25) is 9.80 Å². The number of hydrogen-bond donors (Lipinski definition) is 1. The molecule has 2 atom stereocenters. The molecule has 0 amide bonds. The molecule has 1 fully saturated rings. The number of esters is 1. The third-order valence-electron chi connectivity index (χ3n) is 6.67. The predicted molar refractivity (Wildman–Crippen MR) is 133 cm³/mol. The van der Waals surface area contributed by atoms with Crippen LogP contribution in [-0.4, -0.2) is 55.1 Å². The van der Waals surface area contributed by atoms with Crippen molar-refractivity contribution in [2.45, 2.75) is 56.8 Å². The van der Waals surface area contributed by atoms with Crippen LogP contribution in [0.15, 0.2) is 47.6 Å². The highest BCUT2D eigenvalue weighted by Crippen LogP contribution is 2.34. The lowest BCUT2D eigenvalue weighted by Crippen LogP contribution is -2.43. The van der Waals surface area contributed by atoms with E-state index in [9.17, 15) is 14.4 Å². The Morgan fingerprint density at radius 3 is 2.42 bits per heavy atom. The molecule has 4 rings (SSSR count). The second-order valence-electron chi connectivity index (χ2n) is 8.95. The van der Waals surface area contributed by atoms with Crippen LogP contribution in [0.3, 0.4) is 0 Å². The molecular weight excluding hydrogens is 462 g/mol. The summed E-state index contributed by atoms with van der Waals surface area (Å²) in [6.45, 7) is 0. The van der Waals surface area contributed by atoms with Gasteiger partial charge in [-0.15, -0.1) is 0 Å². The number of ketones is 1. The molecule has 0 spiro atoms. The van der Waals surface area contributed by atoms with Crippen LogP contribution in [-0.2, 0) is 14.3 Å². The topological polar surface area (TPSA) is 121 Å². The monoisotopic (exact) mass is 493 g/mol. The van der Waals surface area contributed by atoms with Gasteiger partial charge in [-0.25, -0.2) is 4.79 Å². The molecular formula is C27H31N3O6. The van der Waals surface area contributed by atoms with Crippen molar-refractivity contribution in [2.24, 2.45) is 10.8 Å². The molecule has 9 nitrogen and oxygen atoms in total. The third-order valence-corrected chi connectivity index (χ3v) is 6.67. The minimum Gasteiger partial charge on any atom is -0.493 e. The van der Waals surface area contributed by atoms with Crippen molar-refractivity contribution >= 4 is 23.8 Å². The number of ether oxygens (including phenoxy) is 3. The first-order chi connectivity index (χ1) is 17.4. The maximum Gasteiger partial charge on any atom is 0.379 e. The van der Waals surface area contributed by atoms with Gasteiger partial charge in [-0.05, 0) is 62.3 Å². The lowest BCUT2D eigenvalue weighted by molar-refractivity contribution is -0.135. The Labute approximate surface area is 210 Å². The van der Waals surface area contributed by atoms with Gasteiger partial charge in [-0.1, -0.05) is 24.3 Å². The summed E-state index contributed by atoms with van der Waals surface area (Å²) in [7, 11) is 2.77. The predicted octanol–water partition coefficient (Wildman–Crippen LogP) is 3.40. The molecule has 0 saturated heterocycles. The van der Waals surface area contributed by atoms with E-state index in [0.717, 1.165) is 50.4 Å². The zero-order chi connectivity index (χ0) is 25.7. The summed E-state index contributed by atoms with van der Waals surface area (Å²) in [5.74, 6) is -0.322. The number of aldehydes is 1. The van der Waals surface area contributed by atoms with E-state index in [1.165, 1.54) is 12.1 Å². The summed E-state index contributed by atoms with van der Waals surface area (Å²) in [5, 5.41) is 6.35. The van der Waals surface area contributed by atoms with Gasteiger partial charge in [0.2, 0.25) is 0 Å². The SMILES string of the molecule is COC(=O)C(=O)c1ccc(C(N)N2N=C(c3ccc(OC)c(OC4CCCC4)c3)CCC2C=O)cc1. The Morgan fingerprint density at radius 2 is 1.78 bits per heavy atom. The zero-order valence-electron chi connectivity index (χ0n) is 20.5. The van der Waals surface area contributed by atoms with Crippen LogP contribution in [0.2, 0.25) is 0 Å². The summed E-state index contributed by atoms with van der Waals surface area (Å²) in [6.07, 6.45) is 5.84. The maximum atomic E-state index is 12.0. The molecule has 0 radical (unpaired) electrons. The van der Waals surface area contributed by atoms with E-state index in [0.29, 0.717) is 29.9 Å². The van der Waals surface area contributed by atoms with Gasteiger partial charge in [0, 0.05) is 11.1 Å². The fraction of sp³-hybridized carbons (Fsp3) is 0.407. The highest BCUT2D eigenvalue weighted by molar-refractivity contribution is 6.40. The number of rotatable bonds is 9. The van der Waals surface area contributed by atoms with E-state index in [4.69, 9.17) is 20.3 Å². The van der Waals surface area contributed by atoms with E-state index in [-0.39, 0.29) is 11.7 Å². The Balaban J connectivity index is 1.59. The number of nitrogens with two attached hydrogens (primary N) is 1. The smallest absolute Gasteiger partial charge is 0.379 e. The number of Topliss-reactive ketones (excluding diaryl/α,β-unsaturated/α-hetero) is 1. The van der Waals surface area contributed by atoms with Crippen molar-refractivity contribution < 1.29 is 28.6 Å². The standard InChI is InChI=1S/C27H31N3O6/c1-34-23-14-11-19(15-24(23)36-21-5-3-4-6-21)22-13-12-20(16-31)30(29-22)26(28)18-9-7-17(8-10-18)25(32)27(33)35-2/h7-11,14-16,20-21,26H,3-6,12-13,28H2,1-2H3. The number of carbonyl (C=O) groups is 3. The van der Waals surface area contributed by atoms with Crippen LogP contribution in [0.1, 0.15) is 66.2 Å². The first-order valence-corrected chi connectivity index (χ1v) is 12.1. The molecule has 0 aromatic heterocycles. The average Bonchev–Trinajstić information content (AvgIpc) is 3.44. The number of benzene rings is 2. The van der Waals surface area contributed by atoms with E-state index < -0.39 is 24.0 Å². The molecule has 1 heterocycles. The van der Waals surface area contributed by atoms with Gasteiger partial charge in [0.1, 0.15) is 18.5 Å². The fourth-order valence-corrected chi connectivity index (χ4v) is 4.61. The van der Waals surface area contributed by atoms with Crippen molar-refractivity contribution in [3.8, 4) is 11.5 Å². The van der Waals surface area contributed by atoms with Gasteiger partial charge in [0.15, 0.2) is 11.5 Å².